The van der Waals surface area contributed by atoms with Gasteiger partial charge in [0.15, 0.2) is 0 Å². The Labute approximate surface area is 178 Å². The van der Waals surface area contributed by atoms with Gasteiger partial charge in [-0.05, 0) is 29.8 Å². The topological polar surface area (TPSA) is 50.6 Å². The first-order chi connectivity index (χ1) is 14.7. The molecule has 3 rings (SSSR count). The summed E-state index contributed by atoms with van der Waals surface area (Å²) in [6.07, 6.45) is -4.45. The van der Waals surface area contributed by atoms with Crippen LogP contribution < -0.4 is 4.90 Å². The van der Waals surface area contributed by atoms with Crippen molar-refractivity contribution >= 4 is 11.6 Å². The van der Waals surface area contributed by atoms with Gasteiger partial charge < -0.3 is 9.80 Å². The molecule has 2 aromatic rings. The van der Waals surface area contributed by atoms with Crippen molar-refractivity contribution in [2.75, 3.05) is 44.2 Å². The Bertz CT molecular complexity index is 932. The number of rotatable bonds is 6. The highest BCUT2D eigenvalue weighted by atomic mass is 19.4. The van der Waals surface area contributed by atoms with Gasteiger partial charge in [0, 0.05) is 32.7 Å². The zero-order valence-corrected chi connectivity index (χ0v) is 16.8. The summed E-state index contributed by atoms with van der Waals surface area (Å²) in [4.78, 5) is 17.1. The van der Waals surface area contributed by atoms with Crippen molar-refractivity contribution in [2.45, 2.75) is 12.7 Å². The summed E-state index contributed by atoms with van der Waals surface area (Å²) in [6.45, 7) is -0.226. The molecule has 0 radical (unpaired) electrons. The van der Waals surface area contributed by atoms with E-state index >= 15 is 0 Å². The zero-order valence-electron chi connectivity index (χ0n) is 16.8. The van der Waals surface area contributed by atoms with Crippen LogP contribution in [0.25, 0.3) is 0 Å². The second-order valence-corrected chi connectivity index (χ2v) is 7.39. The fourth-order valence-corrected chi connectivity index (χ4v) is 3.56. The van der Waals surface area contributed by atoms with Gasteiger partial charge in [-0.25, -0.2) is 4.39 Å². The van der Waals surface area contributed by atoms with Gasteiger partial charge in [0.1, 0.15) is 5.82 Å². The molecule has 1 amide bonds. The third-order valence-electron chi connectivity index (χ3n) is 5.08. The van der Waals surface area contributed by atoms with Crippen LogP contribution in [0.4, 0.5) is 23.2 Å². The van der Waals surface area contributed by atoms with Gasteiger partial charge in [-0.1, -0.05) is 24.3 Å². The minimum absolute atomic E-state index is 0.0633. The molecule has 1 aliphatic rings. The molecule has 0 spiro atoms. The molecule has 0 saturated carbocycles. The fourth-order valence-electron chi connectivity index (χ4n) is 3.56. The number of halogens is 4. The first kappa shape index (κ1) is 22.6. The van der Waals surface area contributed by atoms with Crippen molar-refractivity contribution < 1.29 is 22.4 Å². The van der Waals surface area contributed by atoms with Crippen LogP contribution in [0.15, 0.2) is 48.5 Å². The molecule has 1 saturated heterocycles. The molecule has 1 heterocycles. The molecular weight excluding hydrogens is 412 g/mol. The lowest BCUT2D eigenvalue weighted by molar-refractivity contribution is -0.152. The lowest BCUT2D eigenvalue weighted by Gasteiger charge is -2.37. The lowest BCUT2D eigenvalue weighted by atomic mass is 10.1. The van der Waals surface area contributed by atoms with Gasteiger partial charge in [0.05, 0.1) is 30.4 Å². The van der Waals surface area contributed by atoms with Crippen LogP contribution in [0.1, 0.15) is 11.1 Å². The van der Waals surface area contributed by atoms with Crippen LogP contribution in [0, 0.1) is 17.1 Å². The van der Waals surface area contributed by atoms with E-state index in [1.165, 1.54) is 23.1 Å². The third kappa shape index (κ3) is 6.43. The summed E-state index contributed by atoms with van der Waals surface area (Å²) in [5.74, 6) is -0.743. The molecule has 31 heavy (non-hydrogen) atoms. The summed E-state index contributed by atoms with van der Waals surface area (Å²) in [5, 5.41) is 8.85. The predicted octanol–water partition coefficient (Wildman–Crippen LogP) is 3.41. The highest BCUT2D eigenvalue weighted by Gasteiger charge is 2.33. The molecule has 2 aromatic carbocycles. The van der Waals surface area contributed by atoms with Crippen molar-refractivity contribution in [3.8, 4) is 6.07 Å². The number of carbonyl (C=O) groups is 1. The quantitative estimate of drug-likeness (QED) is 0.654. The van der Waals surface area contributed by atoms with Gasteiger partial charge in [0.25, 0.3) is 0 Å². The Morgan fingerprint density at radius 1 is 1.03 bits per heavy atom. The monoisotopic (exact) mass is 434 g/mol. The summed E-state index contributed by atoms with van der Waals surface area (Å²) >= 11 is 0. The molecule has 1 fully saturated rings. The smallest absolute Gasteiger partial charge is 0.366 e. The molecule has 0 N–H and O–H groups in total. The number of benzene rings is 2. The van der Waals surface area contributed by atoms with Crippen LogP contribution in [0.2, 0.25) is 0 Å². The van der Waals surface area contributed by atoms with Gasteiger partial charge in [-0.2, -0.15) is 18.4 Å². The molecule has 5 nitrogen and oxygen atoms in total. The van der Waals surface area contributed by atoms with Crippen molar-refractivity contribution in [1.29, 1.82) is 5.26 Å². The van der Waals surface area contributed by atoms with E-state index in [2.05, 4.69) is 0 Å². The minimum atomic E-state index is -4.45. The average molecular weight is 434 g/mol. The predicted molar refractivity (Wildman–Crippen MR) is 108 cm³/mol. The van der Waals surface area contributed by atoms with E-state index in [-0.39, 0.29) is 18.9 Å². The fraction of sp³-hybridized carbons (Fsp3) is 0.364. The van der Waals surface area contributed by atoms with Crippen molar-refractivity contribution in [3.63, 3.8) is 0 Å². The normalized spacial score (nSPS) is 14.6. The molecule has 0 aliphatic carbocycles. The van der Waals surface area contributed by atoms with Gasteiger partial charge in [-0.15, -0.1) is 0 Å². The van der Waals surface area contributed by atoms with E-state index in [0.29, 0.717) is 43.0 Å². The van der Waals surface area contributed by atoms with Crippen LogP contribution in [-0.4, -0.2) is 61.2 Å². The number of hydrogen-bond donors (Lipinski definition) is 0. The van der Waals surface area contributed by atoms with Gasteiger partial charge in [0.2, 0.25) is 5.91 Å². The number of alkyl halides is 3. The summed E-state index contributed by atoms with van der Waals surface area (Å²) in [5.41, 5.74) is 1.45. The van der Waals surface area contributed by atoms with Crippen LogP contribution in [0.3, 0.4) is 0 Å². The lowest BCUT2D eigenvalue weighted by Crippen LogP contribution is -2.52. The van der Waals surface area contributed by atoms with E-state index in [4.69, 9.17) is 5.26 Å². The molecule has 164 valence electrons. The Hall–Kier alpha value is -3.12. The van der Waals surface area contributed by atoms with E-state index in [1.54, 1.807) is 30.3 Å². The van der Waals surface area contributed by atoms with Crippen LogP contribution >= 0.6 is 0 Å². The molecule has 0 atom stereocenters. The zero-order chi connectivity index (χ0) is 22.4. The number of hydrogen-bond acceptors (Lipinski definition) is 4. The largest absolute Gasteiger partial charge is 0.401 e. The number of anilines is 1. The van der Waals surface area contributed by atoms with Crippen molar-refractivity contribution in [2.24, 2.45) is 0 Å². The SMILES string of the molecule is N#Cc1ccc(CN(CC(=O)N2CCN(c3ccccc3F)CC2)CC(F)(F)F)cc1. The highest BCUT2D eigenvalue weighted by molar-refractivity contribution is 5.78. The van der Waals surface area contributed by atoms with Crippen LogP contribution in [-0.2, 0) is 11.3 Å². The van der Waals surface area contributed by atoms with E-state index < -0.39 is 18.6 Å². The van der Waals surface area contributed by atoms with Crippen LogP contribution in [0.5, 0.6) is 0 Å². The maximum Gasteiger partial charge on any atom is 0.401 e. The molecular formula is C22H22F4N4O. The van der Waals surface area contributed by atoms with Crippen molar-refractivity contribution in [3.05, 3.63) is 65.5 Å². The standard InChI is InChI=1S/C22H22F4N4O/c23-19-3-1-2-4-20(19)29-9-11-30(12-10-29)21(31)15-28(16-22(24,25)26)14-18-7-5-17(13-27)6-8-18/h1-8H,9-12,14-16H2. The van der Waals surface area contributed by atoms with E-state index in [1.807, 2.05) is 11.0 Å². The van der Waals surface area contributed by atoms with Gasteiger partial charge in [-0.3, -0.25) is 9.69 Å². The highest BCUT2D eigenvalue weighted by Crippen LogP contribution is 2.21. The number of amides is 1. The molecule has 0 unspecified atom stereocenters. The average Bonchev–Trinajstić information content (AvgIpc) is 2.73. The maximum atomic E-state index is 14.0. The Kier molecular flexibility index (Phi) is 7.13. The van der Waals surface area contributed by atoms with Crippen molar-refractivity contribution in [1.82, 2.24) is 9.80 Å². The Morgan fingerprint density at radius 2 is 1.68 bits per heavy atom. The van der Waals surface area contributed by atoms with E-state index in [0.717, 1.165) is 4.90 Å². The second kappa shape index (κ2) is 9.79. The summed E-state index contributed by atoms with van der Waals surface area (Å²) < 4.78 is 53.1. The maximum absolute atomic E-state index is 14.0. The third-order valence-corrected chi connectivity index (χ3v) is 5.08. The van der Waals surface area contributed by atoms with Gasteiger partial charge >= 0.3 is 6.18 Å². The number of para-hydroxylation sites is 1. The molecule has 9 heteroatoms. The number of carbonyl (C=O) groups excluding carboxylic acids is 1. The number of piperazine rings is 1. The Morgan fingerprint density at radius 3 is 2.26 bits per heavy atom. The second-order valence-electron chi connectivity index (χ2n) is 7.39. The molecule has 0 aromatic heterocycles. The molecule has 1 aliphatic heterocycles. The van der Waals surface area contributed by atoms with E-state index in [9.17, 15) is 22.4 Å². The minimum Gasteiger partial charge on any atom is -0.366 e. The Balaban J connectivity index is 1.61. The number of nitriles is 1. The first-order valence-corrected chi connectivity index (χ1v) is 9.80. The first-order valence-electron chi connectivity index (χ1n) is 9.80. The summed E-state index contributed by atoms with van der Waals surface area (Å²) in [6, 6.07) is 14.5. The molecule has 0 bridgehead atoms. The summed E-state index contributed by atoms with van der Waals surface area (Å²) in [7, 11) is 0. The number of nitrogens with zero attached hydrogens (tertiary/aromatic N) is 4.